The minimum atomic E-state index is -0.784. The first-order valence-electron chi connectivity index (χ1n) is 9.77. The fourth-order valence-electron chi connectivity index (χ4n) is 3.69. The van der Waals surface area contributed by atoms with Crippen molar-refractivity contribution in [2.75, 3.05) is 13.1 Å². The summed E-state index contributed by atoms with van der Waals surface area (Å²) in [5.74, 6) is -0.229. The van der Waals surface area contributed by atoms with E-state index >= 15 is 0 Å². The largest absolute Gasteiger partial charge is 0.480 e. The van der Waals surface area contributed by atoms with E-state index in [0.29, 0.717) is 5.92 Å². The van der Waals surface area contributed by atoms with Crippen LogP contribution >= 0.6 is 0 Å². The molecule has 148 valence electrons. The summed E-state index contributed by atoms with van der Waals surface area (Å²) in [6.07, 6.45) is 5.78. The fourth-order valence-corrected chi connectivity index (χ4v) is 3.69. The first-order valence-corrected chi connectivity index (χ1v) is 9.77. The summed E-state index contributed by atoms with van der Waals surface area (Å²) in [5, 5.41) is 20.3. The van der Waals surface area contributed by atoms with E-state index in [0.717, 1.165) is 30.6 Å². The lowest BCUT2D eigenvalue weighted by molar-refractivity contribution is -0.140. The minimum Gasteiger partial charge on any atom is -0.480 e. The molecule has 2 fully saturated rings. The number of aromatic nitrogens is 3. The lowest BCUT2D eigenvalue weighted by Gasteiger charge is -2.42. The number of carbonyl (C=O) groups is 2. The van der Waals surface area contributed by atoms with Crippen LogP contribution in [-0.2, 0) is 16.1 Å². The van der Waals surface area contributed by atoms with Crippen molar-refractivity contribution >= 4 is 11.9 Å². The number of hydrogen-bond acceptors (Lipinski definition) is 5. The maximum atomic E-state index is 12.3. The van der Waals surface area contributed by atoms with Crippen LogP contribution in [0.25, 0.3) is 11.3 Å². The molecule has 8 heteroatoms. The first-order chi connectivity index (χ1) is 13.6. The van der Waals surface area contributed by atoms with Gasteiger partial charge in [-0.05, 0) is 31.6 Å². The molecule has 0 saturated heterocycles. The number of carbonyl (C=O) groups excluding carboxylic acids is 1. The second kappa shape index (κ2) is 8.10. The Hall–Kier alpha value is -2.74. The highest BCUT2D eigenvalue weighted by Crippen LogP contribution is 2.33. The summed E-state index contributed by atoms with van der Waals surface area (Å²) in [6, 6.07) is 10.1. The van der Waals surface area contributed by atoms with Gasteiger partial charge in [0.15, 0.2) is 0 Å². The molecule has 4 rings (SSSR count). The molecule has 8 nitrogen and oxygen atoms in total. The van der Waals surface area contributed by atoms with Crippen LogP contribution in [0.15, 0.2) is 36.5 Å². The van der Waals surface area contributed by atoms with Gasteiger partial charge < -0.3 is 10.4 Å². The highest BCUT2D eigenvalue weighted by Gasteiger charge is 2.37. The number of nitrogens with zero attached hydrogens (tertiary/aromatic N) is 4. The Morgan fingerprint density at radius 3 is 2.64 bits per heavy atom. The summed E-state index contributed by atoms with van der Waals surface area (Å²) in [5.41, 5.74) is 1.70. The minimum absolute atomic E-state index is 0.0864. The molecule has 0 bridgehead atoms. The Bertz CT molecular complexity index is 827. The van der Waals surface area contributed by atoms with E-state index < -0.39 is 5.97 Å². The van der Waals surface area contributed by atoms with Gasteiger partial charge in [-0.25, -0.2) is 4.68 Å². The van der Waals surface area contributed by atoms with E-state index in [9.17, 15) is 9.59 Å². The Kier molecular flexibility index (Phi) is 5.38. The molecule has 1 heterocycles. The third kappa shape index (κ3) is 4.75. The number of benzene rings is 1. The zero-order chi connectivity index (χ0) is 19.5. The average Bonchev–Trinajstić information content (AvgIpc) is 3.33. The molecule has 2 aromatic rings. The average molecular weight is 383 g/mol. The molecule has 2 aliphatic carbocycles. The zero-order valence-electron chi connectivity index (χ0n) is 15.7. The van der Waals surface area contributed by atoms with E-state index in [-0.39, 0.29) is 31.1 Å². The predicted octanol–water partition coefficient (Wildman–Crippen LogP) is 1.39. The van der Waals surface area contributed by atoms with Crippen LogP contribution in [-0.4, -0.2) is 62.0 Å². The van der Waals surface area contributed by atoms with Gasteiger partial charge in [-0.2, -0.15) is 0 Å². The lowest BCUT2D eigenvalue weighted by Crippen LogP contribution is -2.55. The molecule has 0 spiro atoms. The molecular formula is C20H25N5O3. The van der Waals surface area contributed by atoms with Gasteiger partial charge in [-0.15, -0.1) is 5.10 Å². The molecule has 2 saturated carbocycles. The molecule has 0 unspecified atom stereocenters. The number of hydrogen-bond donors (Lipinski definition) is 2. The third-order valence-corrected chi connectivity index (χ3v) is 5.44. The van der Waals surface area contributed by atoms with E-state index in [4.69, 9.17) is 5.11 Å². The van der Waals surface area contributed by atoms with Gasteiger partial charge in [0.2, 0.25) is 5.91 Å². The predicted molar refractivity (Wildman–Crippen MR) is 102 cm³/mol. The molecule has 1 aromatic heterocycles. The normalized spacial score (nSPS) is 21.3. The van der Waals surface area contributed by atoms with Crippen molar-refractivity contribution in [2.24, 2.45) is 5.92 Å². The molecular weight excluding hydrogens is 358 g/mol. The van der Waals surface area contributed by atoms with Crippen LogP contribution in [0.3, 0.4) is 0 Å². The molecule has 1 aromatic carbocycles. The van der Waals surface area contributed by atoms with Crippen molar-refractivity contribution in [2.45, 2.75) is 44.3 Å². The van der Waals surface area contributed by atoms with Crippen molar-refractivity contribution < 1.29 is 14.7 Å². The van der Waals surface area contributed by atoms with Gasteiger partial charge >= 0.3 is 5.97 Å². The molecule has 2 aliphatic rings. The summed E-state index contributed by atoms with van der Waals surface area (Å²) >= 11 is 0. The molecule has 0 radical (unpaired) electrons. The van der Waals surface area contributed by atoms with Crippen molar-refractivity contribution in [3.8, 4) is 11.3 Å². The van der Waals surface area contributed by atoms with Crippen LogP contribution in [0.5, 0.6) is 0 Å². The molecule has 0 aliphatic heterocycles. The van der Waals surface area contributed by atoms with Crippen molar-refractivity contribution in [3.63, 3.8) is 0 Å². The summed E-state index contributed by atoms with van der Waals surface area (Å²) in [4.78, 5) is 25.5. The molecule has 2 N–H and O–H groups in total. The standard InChI is InChI=1S/C20H25N5O3/c26-19(12-25-11-18(22-23-25)15-4-2-1-3-5-15)21-16-8-17(9-16)24(13-20(27)28)10-14-6-7-14/h1-5,11,14,16-17H,6-10,12-13H2,(H,21,26)(H,27,28). The van der Waals surface area contributed by atoms with E-state index in [1.807, 2.05) is 30.3 Å². The smallest absolute Gasteiger partial charge is 0.317 e. The number of carboxylic acids is 1. The van der Waals surface area contributed by atoms with E-state index in [1.165, 1.54) is 17.5 Å². The lowest BCUT2D eigenvalue weighted by atomic mass is 9.85. The van der Waals surface area contributed by atoms with Crippen molar-refractivity contribution in [1.82, 2.24) is 25.2 Å². The Morgan fingerprint density at radius 2 is 1.96 bits per heavy atom. The highest BCUT2D eigenvalue weighted by molar-refractivity contribution is 5.76. The zero-order valence-corrected chi connectivity index (χ0v) is 15.7. The first kappa shape index (κ1) is 18.6. The highest BCUT2D eigenvalue weighted by atomic mass is 16.4. The quantitative estimate of drug-likeness (QED) is 0.679. The Labute approximate surface area is 163 Å². The van der Waals surface area contributed by atoms with Crippen LogP contribution in [0, 0.1) is 5.92 Å². The Balaban J connectivity index is 1.24. The van der Waals surface area contributed by atoms with Gasteiger partial charge in [-0.1, -0.05) is 35.5 Å². The fraction of sp³-hybridized carbons (Fsp3) is 0.500. The SMILES string of the molecule is O=C(O)CN(CC1CC1)C1CC(NC(=O)Cn2cc(-c3ccccc3)nn2)C1. The van der Waals surface area contributed by atoms with Crippen LogP contribution in [0.2, 0.25) is 0 Å². The molecule has 1 amide bonds. The van der Waals surface area contributed by atoms with Gasteiger partial charge in [0.05, 0.1) is 12.7 Å². The maximum Gasteiger partial charge on any atom is 0.317 e. The van der Waals surface area contributed by atoms with Crippen molar-refractivity contribution in [1.29, 1.82) is 0 Å². The number of rotatable bonds is 9. The van der Waals surface area contributed by atoms with Gasteiger partial charge in [0.1, 0.15) is 12.2 Å². The third-order valence-electron chi connectivity index (χ3n) is 5.44. The summed E-state index contributed by atoms with van der Waals surface area (Å²) < 4.78 is 1.54. The number of carboxylic acid groups (broad SMARTS) is 1. The number of nitrogens with one attached hydrogen (secondary N) is 1. The van der Waals surface area contributed by atoms with Crippen LogP contribution in [0.1, 0.15) is 25.7 Å². The van der Waals surface area contributed by atoms with Gasteiger partial charge in [0.25, 0.3) is 0 Å². The maximum absolute atomic E-state index is 12.3. The van der Waals surface area contributed by atoms with Crippen LogP contribution < -0.4 is 5.32 Å². The van der Waals surface area contributed by atoms with E-state index in [1.54, 1.807) is 6.20 Å². The number of aliphatic carboxylic acids is 1. The topological polar surface area (TPSA) is 100 Å². The second-order valence-corrected chi connectivity index (χ2v) is 7.82. The summed E-state index contributed by atoms with van der Waals surface area (Å²) in [6.45, 7) is 1.07. The molecule has 28 heavy (non-hydrogen) atoms. The van der Waals surface area contributed by atoms with E-state index in [2.05, 4.69) is 20.5 Å². The van der Waals surface area contributed by atoms with Crippen LogP contribution in [0.4, 0.5) is 0 Å². The summed E-state index contributed by atoms with van der Waals surface area (Å²) in [7, 11) is 0. The van der Waals surface area contributed by atoms with Gasteiger partial charge in [-0.3, -0.25) is 14.5 Å². The number of amides is 1. The molecule has 0 atom stereocenters. The van der Waals surface area contributed by atoms with Crippen molar-refractivity contribution in [3.05, 3.63) is 36.5 Å². The monoisotopic (exact) mass is 383 g/mol. The Morgan fingerprint density at radius 1 is 1.21 bits per heavy atom. The second-order valence-electron chi connectivity index (χ2n) is 7.82. The van der Waals surface area contributed by atoms with Gasteiger partial charge in [0, 0.05) is 24.2 Å².